The average Bonchev–Trinajstić information content (AvgIpc) is 2.19. The van der Waals surface area contributed by atoms with E-state index < -0.39 is 0 Å². The molecule has 15 heavy (non-hydrogen) atoms. The molecule has 0 aliphatic rings. The summed E-state index contributed by atoms with van der Waals surface area (Å²) in [4.78, 5) is 0. The predicted molar refractivity (Wildman–Crippen MR) is 67.1 cm³/mol. The fourth-order valence-electron chi connectivity index (χ4n) is 1.38. The largest absolute Gasteiger partial charge is 0.495 e. The molecule has 0 amide bonds. The van der Waals surface area contributed by atoms with Crippen LogP contribution in [0.25, 0.3) is 0 Å². The highest BCUT2D eigenvalue weighted by Crippen LogP contribution is 2.28. The zero-order valence-electron chi connectivity index (χ0n) is 9.00. The van der Waals surface area contributed by atoms with Crippen LogP contribution >= 0.6 is 24.0 Å². The Kier molecular flexibility index (Phi) is 6.73. The molecule has 1 atom stereocenters. The maximum absolute atomic E-state index is 5.98. The van der Waals surface area contributed by atoms with Gasteiger partial charge in [-0.2, -0.15) is 0 Å². The van der Waals surface area contributed by atoms with E-state index in [4.69, 9.17) is 22.1 Å². The van der Waals surface area contributed by atoms with Gasteiger partial charge >= 0.3 is 0 Å². The smallest absolute Gasteiger partial charge is 0.137 e. The van der Waals surface area contributed by atoms with Crippen molar-refractivity contribution in [3.8, 4) is 5.75 Å². The van der Waals surface area contributed by atoms with E-state index in [2.05, 4.69) is 6.92 Å². The van der Waals surface area contributed by atoms with Crippen molar-refractivity contribution >= 4 is 24.0 Å². The number of methoxy groups -OCH3 is 1. The lowest BCUT2D eigenvalue weighted by atomic mass is 10.0. The Hall–Kier alpha value is -0.440. The van der Waals surface area contributed by atoms with E-state index >= 15 is 0 Å². The summed E-state index contributed by atoms with van der Waals surface area (Å²) in [5.41, 5.74) is 7.06. The molecule has 2 nitrogen and oxygen atoms in total. The second-order valence-corrected chi connectivity index (χ2v) is 3.70. The number of ether oxygens (including phenoxy) is 1. The van der Waals surface area contributed by atoms with Crippen molar-refractivity contribution in [2.24, 2.45) is 5.73 Å². The van der Waals surface area contributed by atoms with Crippen LogP contribution in [-0.2, 0) is 0 Å². The Morgan fingerprint density at radius 2 is 2.13 bits per heavy atom. The third kappa shape index (κ3) is 3.90. The van der Waals surface area contributed by atoms with E-state index in [1.165, 1.54) is 0 Å². The van der Waals surface area contributed by atoms with Crippen molar-refractivity contribution in [3.05, 3.63) is 28.8 Å². The summed E-state index contributed by atoms with van der Waals surface area (Å²) in [6.07, 6.45) is 2.05. The highest BCUT2D eigenvalue weighted by molar-refractivity contribution is 6.32. The molecule has 1 aromatic carbocycles. The standard InChI is InChI=1S/C11H16ClNO.ClH/c1-3-4-10(13)8-5-6-9(12)11(7-8)14-2;/h5-7,10H,3-4,13H2,1-2H3;1H/t10-;/m0./s1. The monoisotopic (exact) mass is 249 g/mol. The van der Waals surface area contributed by atoms with Crippen molar-refractivity contribution in [2.45, 2.75) is 25.8 Å². The van der Waals surface area contributed by atoms with E-state index in [0.717, 1.165) is 18.4 Å². The molecule has 0 bridgehead atoms. The minimum Gasteiger partial charge on any atom is -0.495 e. The Labute approximate surface area is 102 Å². The highest BCUT2D eigenvalue weighted by Gasteiger charge is 2.07. The molecular formula is C11H17Cl2NO. The normalized spacial score (nSPS) is 11.7. The van der Waals surface area contributed by atoms with Gasteiger partial charge in [0.2, 0.25) is 0 Å². The van der Waals surface area contributed by atoms with Gasteiger partial charge in [-0.05, 0) is 24.1 Å². The molecule has 0 saturated carbocycles. The summed E-state index contributed by atoms with van der Waals surface area (Å²) in [6, 6.07) is 5.75. The summed E-state index contributed by atoms with van der Waals surface area (Å²) in [6.45, 7) is 2.12. The first-order chi connectivity index (χ1) is 6.69. The third-order valence-electron chi connectivity index (χ3n) is 2.20. The molecule has 0 aromatic heterocycles. The van der Waals surface area contributed by atoms with Crippen LogP contribution in [0.3, 0.4) is 0 Å². The molecule has 0 fully saturated rings. The molecule has 86 valence electrons. The van der Waals surface area contributed by atoms with Crippen molar-refractivity contribution in [1.29, 1.82) is 0 Å². The van der Waals surface area contributed by atoms with E-state index in [1.807, 2.05) is 18.2 Å². The molecule has 1 rings (SSSR count). The van der Waals surface area contributed by atoms with E-state index in [9.17, 15) is 0 Å². The number of rotatable bonds is 4. The number of benzene rings is 1. The number of halogens is 2. The first-order valence-corrected chi connectivity index (χ1v) is 5.15. The van der Waals surface area contributed by atoms with E-state index in [-0.39, 0.29) is 18.4 Å². The topological polar surface area (TPSA) is 35.2 Å². The first-order valence-electron chi connectivity index (χ1n) is 4.78. The number of nitrogens with two attached hydrogens (primary N) is 1. The quantitative estimate of drug-likeness (QED) is 0.886. The van der Waals surface area contributed by atoms with Gasteiger partial charge in [0.1, 0.15) is 5.75 Å². The number of hydrogen-bond donors (Lipinski definition) is 1. The molecule has 0 radical (unpaired) electrons. The SMILES string of the molecule is CCC[C@H](N)c1ccc(Cl)c(OC)c1.Cl. The van der Waals surface area contributed by atoms with E-state index in [1.54, 1.807) is 7.11 Å². The minimum atomic E-state index is 0. The van der Waals surface area contributed by atoms with Gasteiger partial charge < -0.3 is 10.5 Å². The van der Waals surface area contributed by atoms with Gasteiger partial charge in [-0.15, -0.1) is 12.4 Å². The zero-order chi connectivity index (χ0) is 10.6. The lowest BCUT2D eigenvalue weighted by Gasteiger charge is -2.12. The van der Waals surface area contributed by atoms with Crippen LogP contribution in [0.5, 0.6) is 5.75 Å². The first kappa shape index (κ1) is 14.6. The Bertz CT molecular complexity index is 305. The zero-order valence-corrected chi connectivity index (χ0v) is 10.6. The van der Waals surface area contributed by atoms with Crippen LogP contribution < -0.4 is 10.5 Å². The van der Waals surface area contributed by atoms with Gasteiger partial charge in [-0.3, -0.25) is 0 Å². The van der Waals surface area contributed by atoms with Crippen molar-refractivity contribution in [3.63, 3.8) is 0 Å². The van der Waals surface area contributed by atoms with Gasteiger partial charge in [0.05, 0.1) is 12.1 Å². The molecular weight excluding hydrogens is 233 g/mol. The number of hydrogen-bond acceptors (Lipinski definition) is 2. The second-order valence-electron chi connectivity index (χ2n) is 3.29. The Morgan fingerprint density at radius 3 is 2.67 bits per heavy atom. The molecule has 4 heteroatoms. The third-order valence-corrected chi connectivity index (χ3v) is 2.52. The summed E-state index contributed by atoms with van der Waals surface area (Å²) < 4.78 is 5.13. The van der Waals surface area contributed by atoms with Gasteiger partial charge in [-0.1, -0.05) is 31.0 Å². The van der Waals surface area contributed by atoms with Crippen LogP contribution in [0.1, 0.15) is 31.4 Å². The predicted octanol–water partition coefficient (Wildman–Crippen LogP) is 3.57. The molecule has 0 unspecified atom stereocenters. The average molecular weight is 250 g/mol. The Morgan fingerprint density at radius 1 is 1.47 bits per heavy atom. The van der Waals surface area contributed by atoms with Crippen molar-refractivity contribution < 1.29 is 4.74 Å². The molecule has 0 heterocycles. The summed E-state index contributed by atoms with van der Waals surface area (Å²) in [7, 11) is 1.61. The lowest BCUT2D eigenvalue weighted by Crippen LogP contribution is -2.09. The molecule has 0 aliphatic heterocycles. The second kappa shape index (κ2) is 6.94. The van der Waals surface area contributed by atoms with E-state index in [0.29, 0.717) is 10.8 Å². The molecule has 0 saturated heterocycles. The van der Waals surface area contributed by atoms with Crippen LogP contribution in [-0.4, -0.2) is 7.11 Å². The van der Waals surface area contributed by atoms with Crippen molar-refractivity contribution in [2.75, 3.05) is 7.11 Å². The molecule has 1 aromatic rings. The lowest BCUT2D eigenvalue weighted by molar-refractivity contribution is 0.414. The van der Waals surface area contributed by atoms with Gasteiger partial charge in [-0.25, -0.2) is 0 Å². The molecule has 0 spiro atoms. The van der Waals surface area contributed by atoms with Gasteiger partial charge in [0, 0.05) is 6.04 Å². The fraction of sp³-hybridized carbons (Fsp3) is 0.455. The maximum Gasteiger partial charge on any atom is 0.137 e. The summed E-state index contributed by atoms with van der Waals surface area (Å²) >= 11 is 5.91. The summed E-state index contributed by atoms with van der Waals surface area (Å²) in [5.74, 6) is 0.690. The van der Waals surface area contributed by atoms with Gasteiger partial charge in [0.25, 0.3) is 0 Å². The minimum absolute atomic E-state index is 0. The Balaban J connectivity index is 0.00000196. The van der Waals surface area contributed by atoms with Crippen LogP contribution in [0, 0.1) is 0 Å². The van der Waals surface area contributed by atoms with Crippen LogP contribution in [0.2, 0.25) is 5.02 Å². The van der Waals surface area contributed by atoms with Gasteiger partial charge in [0.15, 0.2) is 0 Å². The molecule has 0 aliphatic carbocycles. The molecule has 2 N–H and O–H groups in total. The fourth-order valence-corrected chi connectivity index (χ4v) is 1.58. The maximum atomic E-state index is 5.98. The summed E-state index contributed by atoms with van der Waals surface area (Å²) in [5, 5.41) is 0.625. The highest BCUT2D eigenvalue weighted by atomic mass is 35.5. The van der Waals surface area contributed by atoms with Crippen molar-refractivity contribution in [1.82, 2.24) is 0 Å². The van der Waals surface area contributed by atoms with Crippen LogP contribution in [0.4, 0.5) is 0 Å². The van der Waals surface area contributed by atoms with Crippen LogP contribution in [0.15, 0.2) is 18.2 Å².